The fourth-order valence-electron chi connectivity index (χ4n) is 2.80. The van der Waals surface area contributed by atoms with Crippen LogP contribution in [0.15, 0.2) is 34.7 Å². The van der Waals surface area contributed by atoms with E-state index in [0.717, 1.165) is 30.8 Å². The van der Waals surface area contributed by atoms with Crippen molar-refractivity contribution in [2.24, 2.45) is 0 Å². The lowest BCUT2D eigenvalue weighted by Crippen LogP contribution is -2.76. The number of halogens is 5. The van der Waals surface area contributed by atoms with E-state index in [9.17, 15) is 22.4 Å². The first kappa shape index (κ1) is 25.0. The lowest BCUT2D eigenvalue weighted by Gasteiger charge is -2.12. The minimum Gasteiger partial charge on any atom is -0.455 e. The summed E-state index contributed by atoms with van der Waals surface area (Å²) in [5.41, 5.74) is 0.0816. The lowest BCUT2D eigenvalue weighted by molar-refractivity contribution is -0.830. The van der Waals surface area contributed by atoms with Gasteiger partial charge < -0.3 is 19.6 Å². The summed E-state index contributed by atoms with van der Waals surface area (Å²) in [5, 5.41) is 9.33. The highest BCUT2D eigenvalue weighted by Gasteiger charge is 2.37. The summed E-state index contributed by atoms with van der Waals surface area (Å²) in [4.78, 5) is 17.1. The van der Waals surface area contributed by atoms with Crippen molar-refractivity contribution in [3.8, 4) is 17.1 Å². The second kappa shape index (κ2) is 10.4. The molecule has 3 rings (SSSR count). The SMILES string of the molecule is CCO.CNC(=O)c1c(-c2ccc(F)cc2)oc2cc([NH2+]OC)c(OC(F)(F)F)c(F)c12. The van der Waals surface area contributed by atoms with Crippen LogP contribution < -0.4 is 15.5 Å². The smallest absolute Gasteiger partial charge is 0.455 e. The molecular formula is C20H20F5N2O5+. The Balaban J connectivity index is 0.00000114. The summed E-state index contributed by atoms with van der Waals surface area (Å²) in [6.45, 7) is 1.93. The fourth-order valence-corrected chi connectivity index (χ4v) is 2.80. The molecule has 3 aromatic rings. The zero-order valence-corrected chi connectivity index (χ0v) is 17.1. The third-order valence-electron chi connectivity index (χ3n) is 3.93. The maximum absolute atomic E-state index is 15.1. The Kier molecular flexibility index (Phi) is 8.14. The van der Waals surface area contributed by atoms with E-state index >= 15 is 4.39 Å². The van der Waals surface area contributed by atoms with E-state index in [2.05, 4.69) is 14.9 Å². The Morgan fingerprint density at radius 2 is 1.81 bits per heavy atom. The van der Waals surface area contributed by atoms with Crippen LogP contribution >= 0.6 is 0 Å². The number of hydrogen-bond donors (Lipinski definition) is 3. The van der Waals surface area contributed by atoms with Gasteiger partial charge >= 0.3 is 6.36 Å². The fraction of sp³-hybridized carbons (Fsp3) is 0.250. The number of benzene rings is 2. The minimum absolute atomic E-state index is 0.147. The van der Waals surface area contributed by atoms with E-state index in [1.807, 2.05) is 0 Å². The van der Waals surface area contributed by atoms with Crippen LogP contribution in [0.5, 0.6) is 5.75 Å². The van der Waals surface area contributed by atoms with Gasteiger partial charge in [-0.1, -0.05) is 0 Å². The summed E-state index contributed by atoms with van der Waals surface area (Å²) < 4.78 is 76.1. The maximum Gasteiger partial charge on any atom is 0.573 e. The van der Waals surface area contributed by atoms with Gasteiger partial charge in [0.05, 0.1) is 18.1 Å². The van der Waals surface area contributed by atoms with Crippen LogP contribution in [0, 0.1) is 11.6 Å². The Labute approximate surface area is 178 Å². The Hall–Kier alpha value is -3.22. The number of nitrogens with two attached hydrogens (primary N) is 1. The molecule has 0 bridgehead atoms. The molecule has 0 fully saturated rings. The number of amides is 1. The van der Waals surface area contributed by atoms with Crippen LogP contribution in [0.25, 0.3) is 22.3 Å². The number of aliphatic hydroxyl groups excluding tert-OH is 1. The van der Waals surface area contributed by atoms with Crippen LogP contribution in [0.1, 0.15) is 17.3 Å². The number of nitrogens with one attached hydrogen (secondary N) is 1. The third-order valence-corrected chi connectivity index (χ3v) is 3.93. The molecule has 7 nitrogen and oxygen atoms in total. The standard InChI is InChI=1S/C18H13F5N2O4.C2H6O/c1-24-17(26)13-12-11(28-15(13)8-3-5-9(19)6-4-8)7-10(25-27-2)16(14(12)20)29-18(21,22)23;1-2-3/h3-7,25H,1-2H3,(H,24,26);3H,2H2,1H3/p+1. The molecule has 0 aliphatic carbocycles. The van der Waals surface area contributed by atoms with E-state index in [4.69, 9.17) is 9.52 Å². The number of hydrogen-bond acceptors (Lipinski definition) is 5. The first-order valence-corrected chi connectivity index (χ1v) is 9.07. The Morgan fingerprint density at radius 1 is 1.22 bits per heavy atom. The van der Waals surface area contributed by atoms with E-state index in [0.29, 0.717) is 0 Å². The van der Waals surface area contributed by atoms with Gasteiger partial charge in [0.2, 0.25) is 11.4 Å². The Morgan fingerprint density at radius 3 is 2.31 bits per heavy atom. The number of fused-ring (bicyclic) bond motifs is 1. The summed E-state index contributed by atoms with van der Waals surface area (Å²) in [7, 11) is 2.41. The predicted octanol–water partition coefficient (Wildman–Crippen LogP) is 3.39. The lowest BCUT2D eigenvalue weighted by atomic mass is 10.0. The van der Waals surface area contributed by atoms with Crippen LogP contribution in [0.4, 0.5) is 27.6 Å². The predicted molar refractivity (Wildman–Crippen MR) is 103 cm³/mol. The summed E-state index contributed by atoms with van der Waals surface area (Å²) in [6.07, 6.45) is -5.19. The molecular weight excluding hydrogens is 443 g/mol. The van der Waals surface area contributed by atoms with Gasteiger partial charge in [-0.05, 0) is 31.2 Å². The van der Waals surface area contributed by atoms with Gasteiger partial charge in [-0.2, -0.15) is 5.48 Å². The molecule has 0 saturated carbocycles. The molecule has 12 heteroatoms. The second-order valence-electron chi connectivity index (χ2n) is 6.09. The number of quaternary nitrogens is 1. The molecule has 1 heterocycles. The van der Waals surface area contributed by atoms with Gasteiger partial charge in [0.15, 0.2) is 5.82 Å². The molecule has 1 aromatic heterocycles. The number of carbonyl (C=O) groups excluding carboxylic acids is 1. The van der Waals surface area contributed by atoms with Crippen molar-refractivity contribution in [2.45, 2.75) is 13.3 Å². The van der Waals surface area contributed by atoms with Crippen LogP contribution in [-0.2, 0) is 4.84 Å². The maximum atomic E-state index is 15.1. The van der Waals surface area contributed by atoms with Crippen LogP contribution in [0.3, 0.4) is 0 Å². The van der Waals surface area contributed by atoms with Gasteiger partial charge in [-0.15, -0.1) is 13.2 Å². The molecule has 2 aromatic carbocycles. The molecule has 4 N–H and O–H groups in total. The molecule has 0 saturated heterocycles. The molecule has 174 valence electrons. The number of carbonyl (C=O) groups is 1. The van der Waals surface area contributed by atoms with Crippen molar-refractivity contribution in [1.82, 2.24) is 5.32 Å². The van der Waals surface area contributed by atoms with Crippen LogP contribution in [-0.4, -0.2) is 38.1 Å². The highest BCUT2D eigenvalue weighted by Crippen LogP contribution is 2.42. The summed E-state index contributed by atoms with van der Waals surface area (Å²) in [6, 6.07) is 5.80. The summed E-state index contributed by atoms with van der Waals surface area (Å²) in [5.74, 6) is -4.16. The largest absolute Gasteiger partial charge is 0.573 e. The number of rotatable bonds is 5. The zero-order valence-electron chi connectivity index (χ0n) is 17.1. The number of furan rings is 1. The normalized spacial score (nSPS) is 11.2. The van der Waals surface area contributed by atoms with Gasteiger partial charge in [0.25, 0.3) is 5.91 Å². The topological polar surface area (TPSA) is 97.5 Å². The van der Waals surface area contributed by atoms with E-state index in [1.165, 1.54) is 19.2 Å². The zero-order chi connectivity index (χ0) is 24.1. The molecule has 1 amide bonds. The average molecular weight is 463 g/mol. The molecule has 0 aliphatic heterocycles. The number of alkyl halides is 3. The first-order chi connectivity index (χ1) is 15.1. The molecule has 0 spiro atoms. The highest BCUT2D eigenvalue weighted by atomic mass is 19.4. The third kappa shape index (κ3) is 5.52. The molecule has 0 aliphatic rings. The molecule has 0 unspecified atom stereocenters. The van der Waals surface area contributed by atoms with E-state index in [1.54, 1.807) is 6.92 Å². The van der Waals surface area contributed by atoms with Crippen molar-refractivity contribution in [3.63, 3.8) is 0 Å². The van der Waals surface area contributed by atoms with Crippen molar-refractivity contribution >= 4 is 22.6 Å². The van der Waals surface area contributed by atoms with Crippen molar-refractivity contribution in [3.05, 3.63) is 47.5 Å². The Bertz CT molecular complexity index is 1080. The molecule has 0 atom stereocenters. The van der Waals surface area contributed by atoms with E-state index in [-0.39, 0.29) is 29.1 Å². The average Bonchev–Trinajstić information content (AvgIpc) is 3.10. The van der Waals surface area contributed by atoms with Crippen molar-refractivity contribution in [1.29, 1.82) is 0 Å². The quantitative estimate of drug-likeness (QED) is 0.306. The monoisotopic (exact) mass is 463 g/mol. The first-order valence-electron chi connectivity index (χ1n) is 9.07. The van der Waals surface area contributed by atoms with Gasteiger partial charge in [0, 0.05) is 25.3 Å². The van der Waals surface area contributed by atoms with Gasteiger partial charge in [0.1, 0.15) is 17.2 Å². The summed E-state index contributed by atoms with van der Waals surface area (Å²) >= 11 is 0. The minimum atomic E-state index is -5.19. The van der Waals surface area contributed by atoms with Gasteiger partial charge in [-0.3, -0.25) is 4.79 Å². The molecule has 32 heavy (non-hydrogen) atoms. The second-order valence-corrected chi connectivity index (χ2v) is 6.09. The number of aliphatic hydroxyl groups is 1. The van der Waals surface area contributed by atoms with Crippen molar-refractivity contribution in [2.75, 3.05) is 20.8 Å². The van der Waals surface area contributed by atoms with E-state index < -0.39 is 40.7 Å². The highest BCUT2D eigenvalue weighted by molar-refractivity contribution is 6.12. The van der Waals surface area contributed by atoms with Crippen LogP contribution in [0.2, 0.25) is 0 Å². The number of ether oxygens (including phenoxy) is 1. The molecule has 0 radical (unpaired) electrons. The van der Waals surface area contributed by atoms with Gasteiger partial charge in [-0.25, -0.2) is 13.6 Å². The van der Waals surface area contributed by atoms with Crippen molar-refractivity contribution < 1.29 is 51.3 Å².